The first-order chi connectivity index (χ1) is 12.7. The number of carbonyl (C=O) groups excluding carboxylic acids is 2. The third-order valence-electron chi connectivity index (χ3n) is 4.53. The number of hydrogen-bond acceptors (Lipinski definition) is 5. The maximum absolute atomic E-state index is 12.3. The highest BCUT2D eigenvalue weighted by Gasteiger charge is 2.23. The summed E-state index contributed by atoms with van der Waals surface area (Å²) in [5, 5.41) is 3.52. The number of fused-ring (bicyclic) bond motifs is 2. The molecule has 132 valence electrons. The van der Waals surface area contributed by atoms with Crippen LogP contribution in [0.1, 0.15) is 39.6 Å². The van der Waals surface area contributed by atoms with Gasteiger partial charge < -0.3 is 15.0 Å². The summed E-state index contributed by atoms with van der Waals surface area (Å²) in [4.78, 5) is 36.4. The summed E-state index contributed by atoms with van der Waals surface area (Å²) in [6, 6.07) is 5.59. The Morgan fingerprint density at radius 2 is 2.12 bits per heavy atom. The lowest BCUT2D eigenvalue weighted by atomic mass is 9.94. The summed E-state index contributed by atoms with van der Waals surface area (Å²) in [6.45, 7) is 2.69. The minimum Gasteiger partial charge on any atom is -0.462 e. The summed E-state index contributed by atoms with van der Waals surface area (Å²) in [5.41, 5.74) is 4.03. The van der Waals surface area contributed by atoms with E-state index in [1.165, 1.54) is 6.33 Å². The molecule has 0 spiro atoms. The van der Waals surface area contributed by atoms with E-state index in [4.69, 9.17) is 4.74 Å². The molecule has 3 heterocycles. The lowest BCUT2D eigenvalue weighted by Crippen LogP contribution is -2.22. The van der Waals surface area contributed by atoms with Gasteiger partial charge in [0.05, 0.1) is 23.3 Å². The van der Waals surface area contributed by atoms with Crippen LogP contribution < -0.4 is 5.32 Å². The molecule has 0 radical (unpaired) electrons. The molecule has 0 aliphatic carbocycles. The number of esters is 1. The van der Waals surface area contributed by atoms with Gasteiger partial charge >= 0.3 is 5.97 Å². The number of H-pyrrole nitrogens is 1. The van der Waals surface area contributed by atoms with Crippen LogP contribution in [0.3, 0.4) is 0 Å². The smallest absolute Gasteiger partial charge is 0.340 e. The molecule has 1 aromatic carbocycles. The van der Waals surface area contributed by atoms with Crippen LogP contribution in [0.4, 0.5) is 0 Å². The average Bonchev–Trinajstić information content (AvgIpc) is 3.00. The Kier molecular flexibility index (Phi) is 4.12. The van der Waals surface area contributed by atoms with Crippen molar-refractivity contribution < 1.29 is 14.3 Å². The summed E-state index contributed by atoms with van der Waals surface area (Å²) in [5.74, 6) is -0.501. The van der Waals surface area contributed by atoms with Crippen molar-refractivity contribution in [2.24, 2.45) is 0 Å². The number of nitrogens with zero attached hydrogens (tertiary/aromatic N) is 2. The highest BCUT2D eigenvalue weighted by molar-refractivity contribution is 6.09. The van der Waals surface area contributed by atoms with E-state index in [0.717, 1.165) is 24.0 Å². The Bertz CT molecular complexity index is 1010. The normalized spacial score (nSPS) is 13.8. The number of hydrogen-bond donors (Lipinski definition) is 2. The van der Waals surface area contributed by atoms with Crippen molar-refractivity contribution in [1.82, 2.24) is 20.3 Å². The van der Waals surface area contributed by atoms with E-state index in [2.05, 4.69) is 20.3 Å². The molecule has 7 heteroatoms. The second kappa shape index (κ2) is 6.59. The zero-order valence-electron chi connectivity index (χ0n) is 14.3. The SMILES string of the molecule is CCOC(=O)c1c[nH]c2ncnc(-c3cccc4c3CCCNC4=O)c12. The van der Waals surface area contributed by atoms with Gasteiger partial charge in [-0.3, -0.25) is 4.79 Å². The van der Waals surface area contributed by atoms with Crippen molar-refractivity contribution in [3.63, 3.8) is 0 Å². The maximum atomic E-state index is 12.3. The van der Waals surface area contributed by atoms with Crippen molar-refractivity contribution >= 4 is 22.9 Å². The van der Waals surface area contributed by atoms with Gasteiger partial charge in [0.15, 0.2) is 0 Å². The third kappa shape index (κ3) is 2.61. The Hall–Kier alpha value is -3.22. The van der Waals surface area contributed by atoms with Crippen molar-refractivity contribution in [2.75, 3.05) is 13.2 Å². The number of benzene rings is 1. The van der Waals surface area contributed by atoms with Gasteiger partial charge in [-0.25, -0.2) is 14.8 Å². The predicted octanol–water partition coefficient (Wildman–Crippen LogP) is 2.48. The largest absolute Gasteiger partial charge is 0.462 e. The molecule has 1 aliphatic rings. The number of rotatable bonds is 3. The van der Waals surface area contributed by atoms with Crippen molar-refractivity contribution in [3.05, 3.63) is 47.4 Å². The first kappa shape index (κ1) is 16.3. The number of aromatic nitrogens is 3. The Labute approximate surface area is 149 Å². The van der Waals surface area contributed by atoms with Gasteiger partial charge in [-0.1, -0.05) is 12.1 Å². The average molecular weight is 350 g/mol. The summed E-state index contributed by atoms with van der Waals surface area (Å²) in [6.07, 6.45) is 4.66. The second-order valence-corrected chi connectivity index (χ2v) is 6.06. The van der Waals surface area contributed by atoms with Crippen LogP contribution in [0.15, 0.2) is 30.7 Å². The molecule has 26 heavy (non-hydrogen) atoms. The number of ether oxygens (including phenoxy) is 1. The molecule has 0 saturated carbocycles. The monoisotopic (exact) mass is 350 g/mol. The molecular weight excluding hydrogens is 332 g/mol. The number of aromatic amines is 1. The minimum atomic E-state index is -0.422. The quantitative estimate of drug-likeness (QED) is 0.707. The molecule has 1 aliphatic heterocycles. The van der Waals surface area contributed by atoms with Gasteiger partial charge in [-0.2, -0.15) is 0 Å². The molecule has 0 atom stereocenters. The fraction of sp³-hybridized carbons (Fsp3) is 0.263. The zero-order valence-corrected chi connectivity index (χ0v) is 14.3. The molecule has 7 nitrogen and oxygen atoms in total. The molecule has 2 aromatic heterocycles. The lowest BCUT2D eigenvalue weighted by molar-refractivity contribution is 0.0528. The Balaban J connectivity index is 1.96. The Morgan fingerprint density at radius 1 is 1.27 bits per heavy atom. The van der Waals surface area contributed by atoms with Crippen LogP contribution in [0.2, 0.25) is 0 Å². The summed E-state index contributed by atoms with van der Waals surface area (Å²) < 4.78 is 5.16. The van der Waals surface area contributed by atoms with Crippen LogP contribution in [0, 0.1) is 0 Å². The topological polar surface area (TPSA) is 97.0 Å². The van der Waals surface area contributed by atoms with Gasteiger partial charge in [0, 0.05) is 23.9 Å². The van der Waals surface area contributed by atoms with Crippen molar-refractivity contribution in [2.45, 2.75) is 19.8 Å². The van der Waals surface area contributed by atoms with Crippen molar-refractivity contribution in [1.29, 1.82) is 0 Å². The van der Waals surface area contributed by atoms with Gasteiger partial charge in [-0.15, -0.1) is 0 Å². The molecule has 0 saturated heterocycles. The fourth-order valence-electron chi connectivity index (χ4n) is 3.39. The number of carbonyl (C=O) groups is 2. The van der Waals surface area contributed by atoms with Crippen LogP contribution in [0.25, 0.3) is 22.3 Å². The van der Waals surface area contributed by atoms with Crippen LogP contribution in [-0.2, 0) is 11.2 Å². The van der Waals surface area contributed by atoms with Gasteiger partial charge in [0.2, 0.25) is 0 Å². The molecule has 3 aromatic rings. The molecule has 0 fully saturated rings. The van der Waals surface area contributed by atoms with E-state index < -0.39 is 5.97 Å². The molecule has 2 N–H and O–H groups in total. The van der Waals surface area contributed by atoms with Crippen molar-refractivity contribution in [3.8, 4) is 11.3 Å². The molecular formula is C19H18N4O3. The molecule has 4 rings (SSSR count). The first-order valence-corrected chi connectivity index (χ1v) is 8.60. The summed E-state index contributed by atoms with van der Waals surface area (Å²) in [7, 11) is 0. The second-order valence-electron chi connectivity index (χ2n) is 6.06. The predicted molar refractivity (Wildman–Crippen MR) is 95.9 cm³/mol. The van der Waals surface area contributed by atoms with E-state index in [0.29, 0.717) is 34.4 Å². The van der Waals surface area contributed by atoms with Gasteiger partial charge in [0.25, 0.3) is 5.91 Å². The molecule has 0 unspecified atom stereocenters. The van der Waals surface area contributed by atoms with Gasteiger partial charge in [0.1, 0.15) is 12.0 Å². The van der Waals surface area contributed by atoms with Crippen LogP contribution >= 0.6 is 0 Å². The van der Waals surface area contributed by atoms with E-state index >= 15 is 0 Å². The van der Waals surface area contributed by atoms with E-state index in [1.807, 2.05) is 18.2 Å². The molecule has 0 bridgehead atoms. The zero-order chi connectivity index (χ0) is 18.1. The lowest BCUT2D eigenvalue weighted by Gasteiger charge is -2.12. The number of nitrogens with one attached hydrogen (secondary N) is 2. The highest BCUT2D eigenvalue weighted by Crippen LogP contribution is 2.33. The summed E-state index contributed by atoms with van der Waals surface area (Å²) >= 11 is 0. The van der Waals surface area contributed by atoms with E-state index in [-0.39, 0.29) is 12.5 Å². The Morgan fingerprint density at radius 3 is 2.96 bits per heavy atom. The van der Waals surface area contributed by atoms with Crippen LogP contribution in [-0.4, -0.2) is 40.0 Å². The minimum absolute atomic E-state index is 0.0793. The van der Waals surface area contributed by atoms with E-state index in [1.54, 1.807) is 13.1 Å². The third-order valence-corrected chi connectivity index (χ3v) is 4.53. The highest BCUT2D eigenvalue weighted by atomic mass is 16.5. The maximum Gasteiger partial charge on any atom is 0.340 e. The first-order valence-electron chi connectivity index (χ1n) is 8.60. The number of amides is 1. The van der Waals surface area contributed by atoms with Crippen LogP contribution in [0.5, 0.6) is 0 Å². The fourth-order valence-corrected chi connectivity index (χ4v) is 3.39. The van der Waals surface area contributed by atoms with E-state index in [9.17, 15) is 9.59 Å². The standard InChI is InChI=1S/C19H18N4O3/c1-2-26-19(25)14-9-21-17-15(14)16(22-10-23-17)12-5-3-6-13-11(12)7-4-8-20-18(13)24/h3,5-6,9-10H,2,4,7-8H2,1H3,(H,20,24)(H,21,22,23). The van der Waals surface area contributed by atoms with Gasteiger partial charge in [-0.05, 0) is 31.4 Å². The molecule has 1 amide bonds.